The quantitative estimate of drug-likeness (QED) is 0.280. The SMILES string of the molecule is O=c1[nH]c(=O)n(C2OC(COP(=O)([O-])O)C(O)C2O)cc1I. The van der Waals surface area contributed by atoms with Gasteiger partial charge in [0.1, 0.15) is 18.3 Å². The summed E-state index contributed by atoms with van der Waals surface area (Å²) in [4.78, 5) is 44.0. The number of aromatic amines is 1. The van der Waals surface area contributed by atoms with Gasteiger partial charge in [0, 0.05) is 6.20 Å². The Labute approximate surface area is 135 Å². The minimum atomic E-state index is -5.02. The Morgan fingerprint density at radius 3 is 2.68 bits per heavy atom. The predicted molar refractivity (Wildman–Crippen MR) is 75.7 cm³/mol. The molecule has 0 aliphatic carbocycles. The topological polar surface area (TPSA) is 174 Å². The number of nitrogens with one attached hydrogen (secondary N) is 1. The number of hydrogen-bond acceptors (Lipinski definition) is 8. The molecule has 1 aromatic heterocycles. The van der Waals surface area contributed by atoms with E-state index in [2.05, 4.69) is 4.52 Å². The van der Waals surface area contributed by atoms with E-state index in [0.29, 0.717) is 0 Å². The van der Waals surface area contributed by atoms with Gasteiger partial charge in [0.05, 0.1) is 10.2 Å². The van der Waals surface area contributed by atoms with Crippen LogP contribution in [-0.2, 0) is 13.8 Å². The van der Waals surface area contributed by atoms with Crippen molar-refractivity contribution in [3.63, 3.8) is 0 Å². The molecule has 0 aromatic carbocycles. The van der Waals surface area contributed by atoms with Gasteiger partial charge in [-0.2, -0.15) is 0 Å². The maximum Gasteiger partial charge on any atom is 0.330 e. The summed E-state index contributed by atoms with van der Waals surface area (Å²) >= 11 is 1.66. The average molecular weight is 449 g/mol. The molecule has 11 nitrogen and oxygen atoms in total. The number of H-pyrrole nitrogens is 1. The van der Waals surface area contributed by atoms with Crippen LogP contribution in [0, 0.1) is 3.57 Å². The molecule has 1 aliphatic heterocycles. The van der Waals surface area contributed by atoms with E-state index < -0.39 is 50.2 Å². The number of nitrogens with zero attached hydrogens (tertiary/aromatic N) is 1. The summed E-state index contributed by atoms with van der Waals surface area (Å²) in [6, 6.07) is 0. The number of phosphoric ester groups is 1. The van der Waals surface area contributed by atoms with Crippen molar-refractivity contribution in [2.75, 3.05) is 6.61 Å². The molecule has 13 heteroatoms. The number of halogens is 1. The lowest BCUT2D eigenvalue weighted by molar-refractivity contribution is -0.222. The number of aromatic nitrogens is 2. The van der Waals surface area contributed by atoms with Crippen LogP contribution >= 0.6 is 30.4 Å². The highest BCUT2D eigenvalue weighted by molar-refractivity contribution is 14.1. The maximum atomic E-state index is 11.7. The van der Waals surface area contributed by atoms with Gasteiger partial charge in [-0.3, -0.25) is 18.9 Å². The van der Waals surface area contributed by atoms with Gasteiger partial charge >= 0.3 is 5.69 Å². The Hall–Kier alpha value is -0.600. The van der Waals surface area contributed by atoms with Crippen molar-refractivity contribution < 1.29 is 33.8 Å². The van der Waals surface area contributed by atoms with Crippen molar-refractivity contribution in [2.24, 2.45) is 0 Å². The minimum absolute atomic E-state index is 0.140. The Morgan fingerprint density at radius 2 is 2.09 bits per heavy atom. The number of hydrogen-bond donors (Lipinski definition) is 4. The monoisotopic (exact) mass is 449 g/mol. The second kappa shape index (κ2) is 6.49. The fourth-order valence-electron chi connectivity index (χ4n) is 1.91. The van der Waals surface area contributed by atoms with Crippen molar-refractivity contribution in [3.05, 3.63) is 30.6 Å². The van der Waals surface area contributed by atoms with Gasteiger partial charge in [-0.05, 0) is 22.6 Å². The first-order valence-corrected chi connectivity index (χ1v) is 8.38. The molecule has 22 heavy (non-hydrogen) atoms. The summed E-state index contributed by atoms with van der Waals surface area (Å²) in [6.45, 7) is -0.749. The average Bonchev–Trinajstić information content (AvgIpc) is 2.68. The van der Waals surface area contributed by atoms with Crippen LogP contribution in [0.4, 0.5) is 0 Å². The third-order valence-corrected chi connectivity index (χ3v) is 4.18. The Kier molecular flexibility index (Phi) is 5.23. The van der Waals surface area contributed by atoms with E-state index >= 15 is 0 Å². The number of aliphatic hydroxyl groups is 2. The smallest absolute Gasteiger partial charge is 0.330 e. The third-order valence-electron chi connectivity index (χ3n) is 2.94. The van der Waals surface area contributed by atoms with Crippen LogP contribution in [0.1, 0.15) is 6.23 Å². The standard InChI is InChI=1S/C9H12IN2O9P/c10-3-1-12(9(16)11-7(3)15)8-6(14)5(13)4(21-8)2-20-22(17,18)19/h1,4-6,8,13-14H,2H2,(H,11,15,16)(H2,17,18,19)/p-1. The van der Waals surface area contributed by atoms with Gasteiger partial charge < -0.3 is 29.3 Å². The number of aliphatic hydroxyl groups excluding tert-OH is 2. The molecule has 1 aromatic rings. The molecule has 2 rings (SSSR count). The zero-order valence-corrected chi connectivity index (χ0v) is 13.7. The van der Waals surface area contributed by atoms with Crippen LogP contribution in [0.5, 0.6) is 0 Å². The van der Waals surface area contributed by atoms with Crippen molar-refractivity contribution in [2.45, 2.75) is 24.5 Å². The third kappa shape index (κ3) is 3.83. The van der Waals surface area contributed by atoms with E-state index in [1.807, 2.05) is 4.98 Å². The van der Waals surface area contributed by atoms with Gasteiger partial charge in [0.2, 0.25) is 0 Å². The van der Waals surface area contributed by atoms with Gasteiger partial charge in [0.25, 0.3) is 13.4 Å². The number of rotatable bonds is 4. The first-order chi connectivity index (χ1) is 10.1. The lowest BCUT2D eigenvalue weighted by Crippen LogP contribution is -2.38. The van der Waals surface area contributed by atoms with Crippen molar-refractivity contribution in [1.29, 1.82) is 0 Å². The lowest BCUT2D eigenvalue weighted by Gasteiger charge is -2.20. The lowest BCUT2D eigenvalue weighted by atomic mass is 10.1. The van der Waals surface area contributed by atoms with Crippen LogP contribution in [0.2, 0.25) is 0 Å². The zero-order chi connectivity index (χ0) is 16.7. The van der Waals surface area contributed by atoms with Crippen LogP contribution in [0.3, 0.4) is 0 Å². The molecule has 1 fully saturated rings. The summed E-state index contributed by atoms with van der Waals surface area (Å²) in [5.74, 6) is 0. The molecule has 124 valence electrons. The van der Waals surface area contributed by atoms with Gasteiger partial charge in [-0.15, -0.1) is 0 Å². The summed E-state index contributed by atoms with van der Waals surface area (Å²) in [7, 11) is -5.02. The second-order valence-electron chi connectivity index (χ2n) is 4.45. The van der Waals surface area contributed by atoms with Crippen LogP contribution in [0.15, 0.2) is 15.8 Å². The van der Waals surface area contributed by atoms with Gasteiger partial charge in [-0.1, -0.05) is 0 Å². The molecule has 5 atom stereocenters. The van der Waals surface area contributed by atoms with Crippen LogP contribution in [0.25, 0.3) is 0 Å². The van der Waals surface area contributed by atoms with E-state index in [-0.39, 0.29) is 3.57 Å². The summed E-state index contributed by atoms with van der Waals surface area (Å²) < 4.78 is 20.8. The summed E-state index contributed by atoms with van der Waals surface area (Å²) in [6.07, 6.45) is -4.67. The molecule has 0 spiro atoms. The number of phosphoric acid groups is 1. The molecule has 2 heterocycles. The molecule has 5 unspecified atom stereocenters. The van der Waals surface area contributed by atoms with E-state index in [1.54, 1.807) is 22.6 Å². The predicted octanol–water partition coefficient (Wildman–Crippen LogP) is -2.76. The first kappa shape index (κ1) is 17.7. The fraction of sp³-hybridized carbons (Fsp3) is 0.556. The molecular weight excluding hydrogens is 438 g/mol. The highest BCUT2D eigenvalue weighted by Gasteiger charge is 2.44. The Bertz CT molecular complexity index is 712. The maximum absolute atomic E-state index is 11.7. The van der Waals surface area contributed by atoms with Crippen molar-refractivity contribution in [3.8, 4) is 0 Å². The number of ether oxygens (including phenoxy) is 1. The van der Waals surface area contributed by atoms with E-state index in [1.165, 1.54) is 0 Å². The summed E-state index contributed by atoms with van der Waals surface area (Å²) in [5, 5.41) is 19.7. The first-order valence-electron chi connectivity index (χ1n) is 5.81. The molecule has 1 saturated heterocycles. The summed E-state index contributed by atoms with van der Waals surface area (Å²) in [5.41, 5.74) is -1.50. The van der Waals surface area contributed by atoms with Crippen LogP contribution < -0.4 is 16.1 Å². The largest absolute Gasteiger partial charge is 0.756 e. The molecule has 1 aliphatic rings. The second-order valence-corrected chi connectivity index (χ2v) is 6.81. The van der Waals surface area contributed by atoms with Crippen molar-refractivity contribution in [1.82, 2.24) is 9.55 Å². The van der Waals surface area contributed by atoms with Crippen LogP contribution in [-0.4, -0.2) is 49.6 Å². The molecule has 0 amide bonds. The minimum Gasteiger partial charge on any atom is -0.756 e. The molecule has 0 saturated carbocycles. The fourth-order valence-corrected chi connectivity index (χ4v) is 2.68. The van der Waals surface area contributed by atoms with E-state index in [4.69, 9.17) is 9.63 Å². The van der Waals surface area contributed by atoms with Crippen molar-refractivity contribution >= 4 is 30.4 Å². The molecule has 4 N–H and O–H groups in total. The van der Waals surface area contributed by atoms with Gasteiger partial charge in [-0.25, -0.2) is 4.79 Å². The Morgan fingerprint density at radius 1 is 1.45 bits per heavy atom. The highest BCUT2D eigenvalue weighted by Crippen LogP contribution is 2.34. The van der Waals surface area contributed by atoms with E-state index in [0.717, 1.165) is 10.8 Å². The normalized spacial score (nSPS) is 31.1. The molecule has 0 bridgehead atoms. The molecular formula is C9H11IN2O9P-. The highest BCUT2D eigenvalue weighted by atomic mass is 127. The zero-order valence-electron chi connectivity index (χ0n) is 10.7. The van der Waals surface area contributed by atoms with Gasteiger partial charge in [0.15, 0.2) is 6.23 Å². The molecule has 0 radical (unpaired) electrons. The van der Waals surface area contributed by atoms with E-state index in [9.17, 15) is 29.3 Å². The Balaban J connectivity index is 2.23.